The molecule has 1 N–H and O–H groups in total. The summed E-state index contributed by atoms with van der Waals surface area (Å²) in [5, 5.41) is 3.88. The first-order valence-electron chi connectivity index (χ1n) is 10.9. The van der Waals surface area contributed by atoms with Crippen molar-refractivity contribution in [3.05, 3.63) is 63.1 Å². The number of carbonyl (C=O) groups is 2. The molecule has 2 amide bonds. The molecule has 2 atom stereocenters. The van der Waals surface area contributed by atoms with Crippen LogP contribution in [-0.4, -0.2) is 35.4 Å². The largest absolute Gasteiger partial charge is 0.483 e. The first kappa shape index (κ1) is 26.0. The molecule has 0 aliphatic rings. The van der Waals surface area contributed by atoms with E-state index in [-0.39, 0.29) is 31.0 Å². The number of carbonyl (C=O) groups excluding carboxylic acids is 2. The highest BCUT2D eigenvalue weighted by molar-refractivity contribution is 6.36. The second-order valence-corrected chi connectivity index (χ2v) is 8.76. The Balaban J connectivity index is 2.32. The van der Waals surface area contributed by atoms with Crippen molar-refractivity contribution in [2.45, 2.75) is 66.1 Å². The molecule has 0 fully saturated rings. The van der Waals surface area contributed by atoms with Crippen molar-refractivity contribution in [3.63, 3.8) is 0 Å². The summed E-state index contributed by atoms with van der Waals surface area (Å²) in [6.45, 7) is 9.66. The maximum atomic E-state index is 13.3. The van der Waals surface area contributed by atoms with Crippen molar-refractivity contribution in [1.29, 1.82) is 0 Å². The zero-order chi connectivity index (χ0) is 23.8. The third kappa shape index (κ3) is 6.63. The van der Waals surface area contributed by atoms with Gasteiger partial charge in [-0.05, 0) is 62.9 Å². The Morgan fingerprint density at radius 2 is 1.66 bits per heavy atom. The monoisotopic (exact) mass is 478 g/mol. The molecule has 2 aromatic carbocycles. The zero-order valence-corrected chi connectivity index (χ0v) is 20.9. The number of amides is 2. The average molecular weight is 479 g/mol. The Bertz CT molecular complexity index is 929. The van der Waals surface area contributed by atoms with E-state index in [9.17, 15) is 9.59 Å². The molecule has 0 aliphatic carbocycles. The molecule has 0 spiro atoms. The third-order valence-electron chi connectivity index (χ3n) is 5.68. The van der Waals surface area contributed by atoms with E-state index in [2.05, 4.69) is 5.32 Å². The molecule has 7 heteroatoms. The summed E-state index contributed by atoms with van der Waals surface area (Å²) in [7, 11) is 0. The molecule has 2 rings (SSSR count). The number of hydrogen-bond donors (Lipinski definition) is 1. The lowest BCUT2D eigenvalue weighted by Gasteiger charge is -2.32. The predicted octanol–water partition coefficient (Wildman–Crippen LogP) is 5.71. The lowest BCUT2D eigenvalue weighted by Crippen LogP contribution is -2.51. The topological polar surface area (TPSA) is 58.6 Å². The van der Waals surface area contributed by atoms with Crippen molar-refractivity contribution >= 4 is 35.0 Å². The average Bonchev–Trinajstić information content (AvgIpc) is 2.76. The molecule has 2 aromatic rings. The normalized spacial score (nSPS) is 12.7. The zero-order valence-electron chi connectivity index (χ0n) is 19.4. The first-order valence-corrected chi connectivity index (χ1v) is 11.7. The summed E-state index contributed by atoms with van der Waals surface area (Å²) in [6.07, 6.45) is 1.24. The second-order valence-electron chi connectivity index (χ2n) is 7.95. The quantitative estimate of drug-likeness (QED) is 0.475. The van der Waals surface area contributed by atoms with E-state index in [0.29, 0.717) is 27.8 Å². The SMILES string of the molecule is CC[C@H](C)NC(=O)[C@H](CC)N(Cc1c(Cl)cccc1Cl)C(=O)COc1cccc(C)c1C. The number of hydrogen-bond acceptors (Lipinski definition) is 3. The van der Waals surface area contributed by atoms with Gasteiger partial charge in [-0.25, -0.2) is 0 Å². The Morgan fingerprint density at radius 3 is 2.25 bits per heavy atom. The third-order valence-corrected chi connectivity index (χ3v) is 6.39. The summed E-state index contributed by atoms with van der Waals surface area (Å²) in [6, 6.07) is 10.2. The molecule has 0 aromatic heterocycles. The van der Waals surface area contributed by atoms with E-state index in [4.69, 9.17) is 27.9 Å². The fourth-order valence-corrected chi connectivity index (χ4v) is 3.83. The predicted molar refractivity (Wildman–Crippen MR) is 130 cm³/mol. The molecule has 0 heterocycles. The van der Waals surface area contributed by atoms with E-state index < -0.39 is 6.04 Å². The van der Waals surface area contributed by atoms with Gasteiger partial charge in [-0.1, -0.05) is 55.2 Å². The molecule has 32 heavy (non-hydrogen) atoms. The Hall–Kier alpha value is -2.24. The summed E-state index contributed by atoms with van der Waals surface area (Å²) < 4.78 is 5.85. The Morgan fingerprint density at radius 1 is 1.03 bits per heavy atom. The van der Waals surface area contributed by atoms with Gasteiger partial charge in [-0.3, -0.25) is 9.59 Å². The van der Waals surface area contributed by atoms with E-state index >= 15 is 0 Å². The van der Waals surface area contributed by atoms with Crippen LogP contribution in [0, 0.1) is 13.8 Å². The lowest BCUT2D eigenvalue weighted by atomic mass is 10.1. The number of nitrogens with zero attached hydrogens (tertiary/aromatic N) is 1. The van der Waals surface area contributed by atoms with Gasteiger partial charge in [0.05, 0.1) is 0 Å². The van der Waals surface area contributed by atoms with Crippen molar-refractivity contribution in [2.24, 2.45) is 0 Å². The van der Waals surface area contributed by atoms with Gasteiger partial charge >= 0.3 is 0 Å². The molecule has 0 bridgehead atoms. The maximum absolute atomic E-state index is 13.3. The number of benzene rings is 2. The highest BCUT2D eigenvalue weighted by Crippen LogP contribution is 2.27. The van der Waals surface area contributed by atoms with E-state index in [0.717, 1.165) is 17.5 Å². The summed E-state index contributed by atoms with van der Waals surface area (Å²) in [4.78, 5) is 27.9. The van der Waals surface area contributed by atoms with Gasteiger partial charge < -0.3 is 15.0 Å². The van der Waals surface area contributed by atoms with Crippen LogP contribution in [0.4, 0.5) is 0 Å². The van der Waals surface area contributed by atoms with Crippen LogP contribution < -0.4 is 10.1 Å². The molecule has 174 valence electrons. The number of ether oxygens (including phenoxy) is 1. The van der Waals surface area contributed by atoms with Gasteiger partial charge in [-0.2, -0.15) is 0 Å². The van der Waals surface area contributed by atoms with Crippen LogP contribution in [0.25, 0.3) is 0 Å². The second kappa shape index (κ2) is 12.1. The van der Waals surface area contributed by atoms with Gasteiger partial charge in [-0.15, -0.1) is 0 Å². The van der Waals surface area contributed by atoms with Crippen molar-refractivity contribution in [2.75, 3.05) is 6.61 Å². The van der Waals surface area contributed by atoms with Crippen LogP contribution in [-0.2, 0) is 16.1 Å². The van der Waals surface area contributed by atoms with Crippen LogP contribution in [0.2, 0.25) is 10.0 Å². The van der Waals surface area contributed by atoms with Crippen LogP contribution >= 0.6 is 23.2 Å². The van der Waals surface area contributed by atoms with Crippen LogP contribution in [0.1, 0.15) is 50.3 Å². The van der Waals surface area contributed by atoms with Crippen molar-refractivity contribution in [3.8, 4) is 5.75 Å². The molecule has 0 saturated heterocycles. The Kier molecular flexibility index (Phi) is 9.85. The number of aryl methyl sites for hydroxylation is 1. The standard InChI is InChI=1S/C25H32Cl2N2O3/c1-6-17(4)28-25(31)22(7-2)29(14-19-20(26)11-9-12-21(19)27)24(30)15-32-23-13-8-10-16(3)18(23)5/h8-13,17,22H,6-7,14-15H2,1-5H3,(H,28,31)/t17-,22-/m0/s1. The van der Waals surface area contributed by atoms with Gasteiger partial charge in [0.2, 0.25) is 5.91 Å². The minimum absolute atomic E-state index is 0.00333. The number of nitrogens with one attached hydrogen (secondary N) is 1. The number of rotatable bonds is 10. The molecule has 0 unspecified atom stereocenters. The molecular weight excluding hydrogens is 447 g/mol. The fraction of sp³-hybridized carbons (Fsp3) is 0.440. The summed E-state index contributed by atoms with van der Waals surface area (Å²) in [5.74, 6) is 0.129. The minimum Gasteiger partial charge on any atom is -0.483 e. The van der Waals surface area contributed by atoms with Gasteiger partial charge in [0.25, 0.3) is 5.91 Å². The molecule has 0 radical (unpaired) electrons. The minimum atomic E-state index is -0.675. The lowest BCUT2D eigenvalue weighted by molar-refractivity contribution is -0.143. The van der Waals surface area contributed by atoms with Crippen LogP contribution in [0.15, 0.2) is 36.4 Å². The van der Waals surface area contributed by atoms with Crippen molar-refractivity contribution in [1.82, 2.24) is 10.2 Å². The van der Waals surface area contributed by atoms with E-state index in [1.807, 2.05) is 52.8 Å². The summed E-state index contributed by atoms with van der Waals surface area (Å²) >= 11 is 12.7. The van der Waals surface area contributed by atoms with Crippen LogP contribution in [0.5, 0.6) is 5.75 Å². The first-order chi connectivity index (χ1) is 15.2. The number of halogens is 2. The maximum Gasteiger partial charge on any atom is 0.261 e. The van der Waals surface area contributed by atoms with E-state index in [1.165, 1.54) is 4.90 Å². The van der Waals surface area contributed by atoms with Gasteiger partial charge in [0, 0.05) is 28.2 Å². The Labute approximate surface area is 201 Å². The summed E-state index contributed by atoms with van der Waals surface area (Å²) in [5.41, 5.74) is 2.65. The molecular formula is C25H32Cl2N2O3. The molecule has 0 aliphatic heterocycles. The highest BCUT2D eigenvalue weighted by atomic mass is 35.5. The molecule has 5 nitrogen and oxygen atoms in total. The molecule has 0 saturated carbocycles. The van der Waals surface area contributed by atoms with Crippen molar-refractivity contribution < 1.29 is 14.3 Å². The fourth-order valence-electron chi connectivity index (χ4n) is 3.32. The van der Waals surface area contributed by atoms with Gasteiger partial charge in [0.15, 0.2) is 6.61 Å². The van der Waals surface area contributed by atoms with E-state index in [1.54, 1.807) is 18.2 Å². The smallest absolute Gasteiger partial charge is 0.261 e. The highest BCUT2D eigenvalue weighted by Gasteiger charge is 2.30. The van der Waals surface area contributed by atoms with Gasteiger partial charge in [0.1, 0.15) is 11.8 Å². The van der Waals surface area contributed by atoms with Crippen LogP contribution in [0.3, 0.4) is 0 Å².